The van der Waals surface area contributed by atoms with Crippen LogP contribution in [-0.2, 0) is 0 Å². The first kappa shape index (κ1) is 8.54. The first-order chi connectivity index (χ1) is 4.83. The molecule has 10 heavy (non-hydrogen) atoms. The van der Waals surface area contributed by atoms with Crippen LogP contribution >= 0.6 is 15.9 Å². The summed E-state index contributed by atoms with van der Waals surface area (Å²) in [6.45, 7) is 0.873. The third-order valence-corrected chi connectivity index (χ3v) is 3.27. The van der Waals surface area contributed by atoms with Crippen LogP contribution in [0.15, 0.2) is 0 Å². The lowest BCUT2D eigenvalue weighted by molar-refractivity contribution is 0.352. The number of halogens is 1. The van der Waals surface area contributed by atoms with Gasteiger partial charge >= 0.3 is 0 Å². The van der Waals surface area contributed by atoms with Crippen molar-refractivity contribution in [2.24, 2.45) is 11.7 Å². The largest absolute Gasteiger partial charge is 0.330 e. The third-order valence-electron chi connectivity index (χ3n) is 2.35. The average Bonchev–Trinajstić information content (AvgIpc) is 1.95. The number of hydrogen-bond donors (Lipinski definition) is 1. The Hall–Kier alpha value is 0.440. The van der Waals surface area contributed by atoms with E-state index in [0.29, 0.717) is 0 Å². The van der Waals surface area contributed by atoms with Gasteiger partial charge in [0, 0.05) is 4.83 Å². The highest BCUT2D eigenvalue weighted by molar-refractivity contribution is 9.09. The number of rotatable bonds is 2. The van der Waals surface area contributed by atoms with Gasteiger partial charge in [-0.2, -0.15) is 0 Å². The molecule has 0 radical (unpaired) electrons. The van der Waals surface area contributed by atoms with E-state index in [1.165, 1.54) is 32.1 Å². The Labute approximate surface area is 71.5 Å². The van der Waals surface area contributed by atoms with Crippen LogP contribution in [0.2, 0.25) is 0 Å². The van der Waals surface area contributed by atoms with Gasteiger partial charge in [0.25, 0.3) is 0 Å². The molecule has 60 valence electrons. The van der Waals surface area contributed by atoms with Crippen LogP contribution < -0.4 is 5.73 Å². The lowest BCUT2D eigenvalue weighted by Crippen LogP contribution is -2.16. The third kappa shape index (κ3) is 2.59. The molecule has 1 fully saturated rings. The summed E-state index contributed by atoms with van der Waals surface area (Å²) in [5.41, 5.74) is 5.48. The quantitative estimate of drug-likeness (QED) is 0.689. The molecule has 0 bridgehead atoms. The van der Waals surface area contributed by atoms with Crippen LogP contribution in [0.3, 0.4) is 0 Å². The van der Waals surface area contributed by atoms with E-state index < -0.39 is 0 Å². The molecule has 0 aromatic carbocycles. The number of hydrogen-bond acceptors (Lipinski definition) is 1. The Morgan fingerprint density at radius 2 is 1.80 bits per heavy atom. The summed E-state index contributed by atoms with van der Waals surface area (Å²) in [6.07, 6.45) is 6.70. The predicted molar refractivity (Wildman–Crippen MR) is 48.3 cm³/mol. The maximum Gasteiger partial charge on any atom is 0.0146 e. The van der Waals surface area contributed by atoms with Gasteiger partial charge in [-0.05, 0) is 44.6 Å². The Kier molecular flexibility index (Phi) is 3.71. The first-order valence-corrected chi connectivity index (χ1v) is 5.08. The highest BCUT2D eigenvalue weighted by atomic mass is 79.9. The number of alkyl halides is 1. The zero-order valence-electron chi connectivity index (χ0n) is 6.35. The second-order valence-electron chi connectivity index (χ2n) is 3.20. The van der Waals surface area contributed by atoms with Gasteiger partial charge in [-0.15, -0.1) is 0 Å². The molecule has 1 aliphatic carbocycles. The monoisotopic (exact) mass is 205 g/mol. The second kappa shape index (κ2) is 4.35. The van der Waals surface area contributed by atoms with Crippen LogP contribution in [0.4, 0.5) is 0 Å². The van der Waals surface area contributed by atoms with Crippen molar-refractivity contribution in [2.45, 2.75) is 36.9 Å². The van der Waals surface area contributed by atoms with Crippen LogP contribution in [0.1, 0.15) is 32.1 Å². The van der Waals surface area contributed by atoms with E-state index in [2.05, 4.69) is 15.9 Å². The van der Waals surface area contributed by atoms with Crippen molar-refractivity contribution in [1.29, 1.82) is 0 Å². The van der Waals surface area contributed by atoms with Crippen molar-refractivity contribution >= 4 is 15.9 Å². The minimum absolute atomic E-state index is 0.793. The summed E-state index contributed by atoms with van der Waals surface area (Å²) in [7, 11) is 0. The normalized spacial score (nSPS) is 34.2. The Morgan fingerprint density at radius 1 is 1.20 bits per heavy atom. The SMILES string of the molecule is NCCC1CCC(Br)CC1. The van der Waals surface area contributed by atoms with E-state index >= 15 is 0 Å². The molecule has 1 saturated carbocycles. The molecule has 0 unspecified atom stereocenters. The van der Waals surface area contributed by atoms with Crippen molar-refractivity contribution in [3.05, 3.63) is 0 Å². The van der Waals surface area contributed by atoms with Gasteiger partial charge in [0.05, 0.1) is 0 Å². The lowest BCUT2D eigenvalue weighted by atomic mass is 9.87. The van der Waals surface area contributed by atoms with Gasteiger partial charge in [0.15, 0.2) is 0 Å². The Bertz CT molecular complexity index is 87.3. The highest BCUT2D eigenvalue weighted by Gasteiger charge is 2.17. The van der Waals surface area contributed by atoms with Crippen LogP contribution in [-0.4, -0.2) is 11.4 Å². The van der Waals surface area contributed by atoms with Crippen molar-refractivity contribution in [2.75, 3.05) is 6.54 Å². The molecule has 0 amide bonds. The molecule has 2 heteroatoms. The molecule has 0 aromatic rings. The molecule has 0 saturated heterocycles. The molecule has 0 aliphatic heterocycles. The molecule has 2 N–H and O–H groups in total. The average molecular weight is 206 g/mol. The lowest BCUT2D eigenvalue weighted by Gasteiger charge is -2.24. The summed E-state index contributed by atoms with van der Waals surface area (Å²) in [6, 6.07) is 0. The summed E-state index contributed by atoms with van der Waals surface area (Å²) in [5.74, 6) is 0.929. The van der Waals surface area contributed by atoms with E-state index in [-0.39, 0.29) is 0 Å². The van der Waals surface area contributed by atoms with Crippen LogP contribution in [0.5, 0.6) is 0 Å². The van der Waals surface area contributed by atoms with E-state index in [4.69, 9.17) is 5.73 Å². The van der Waals surface area contributed by atoms with Gasteiger partial charge in [-0.3, -0.25) is 0 Å². The topological polar surface area (TPSA) is 26.0 Å². The molecule has 1 nitrogen and oxygen atoms in total. The molecular weight excluding hydrogens is 190 g/mol. The van der Waals surface area contributed by atoms with E-state index in [1.807, 2.05) is 0 Å². The molecule has 0 atom stereocenters. The fraction of sp³-hybridized carbons (Fsp3) is 1.00. The minimum atomic E-state index is 0.793. The molecule has 0 heterocycles. The first-order valence-electron chi connectivity index (χ1n) is 4.17. The van der Waals surface area contributed by atoms with Crippen molar-refractivity contribution in [3.8, 4) is 0 Å². The molecular formula is C8H16BrN. The Morgan fingerprint density at radius 3 is 2.30 bits per heavy atom. The van der Waals surface area contributed by atoms with Crippen molar-refractivity contribution < 1.29 is 0 Å². The van der Waals surface area contributed by atoms with Crippen LogP contribution in [0, 0.1) is 5.92 Å². The minimum Gasteiger partial charge on any atom is -0.330 e. The highest BCUT2D eigenvalue weighted by Crippen LogP contribution is 2.29. The zero-order valence-corrected chi connectivity index (χ0v) is 7.94. The summed E-state index contributed by atoms with van der Waals surface area (Å²) in [4.78, 5) is 0.793. The van der Waals surface area contributed by atoms with Crippen molar-refractivity contribution in [3.63, 3.8) is 0 Å². The zero-order chi connectivity index (χ0) is 7.40. The summed E-state index contributed by atoms with van der Waals surface area (Å²) >= 11 is 3.64. The van der Waals surface area contributed by atoms with Gasteiger partial charge in [-0.1, -0.05) is 15.9 Å². The smallest absolute Gasteiger partial charge is 0.0146 e. The maximum absolute atomic E-state index is 5.48. The molecule has 1 rings (SSSR count). The molecule has 1 aliphatic rings. The van der Waals surface area contributed by atoms with Gasteiger partial charge in [0.2, 0.25) is 0 Å². The standard InChI is InChI=1S/C8H16BrN/c9-8-3-1-7(2-4-8)5-6-10/h7-8H,1-6,10H2. The fourth-order valence-electron chi connectivity index (χ4n) is 1.65. The molecule has 0 spiro atoms. The van der Waals surface area contributed by atoms with E-state index in [1.54, 1.807) is 0 Å². The van der Waals surface area contributed by atoms with Crippen LogP contribution in [0.25, 0.3) is 0 Å². The predicted octanol–water partition coefficient (Wildman–Crippen LogP) is 2.29. The van der Waals surface area contributed by atoms with Gasteiger partial charge in [-0.25, -0.2) is 0 Å². The van der Waals surface area contributed by atoms with E-state index in [0.717, 1.165) is 17.3 Å². The summed E-state index contributed by atoms with van der Waals surface area (Å²) in [5, 5.41) is 0. The fourth-order valence-corrected chi connectivity index (χ4v) is 2.17. The van der Waals surface area contributed by atoms with Crippen molar-refractivity contribution in [1.82, 2.24) is 0 Å². The maximum atomic E-state index is 5.48. The summed E-state index contributed by atoms with van der Waals surface area (Å²) < 4.78 is 0. The molecule has 0 aromatic heterocycles. The Balaban J connectivity index is 2.13. The number of nitrogens with two attached hydrogens (primary N) is 1. The second-order valence-corrected chi connectivity index (χ2v) is 4.49. The van der Waals surface area contributed by atoms with Gasteiger partial charge < -0.3 is 5.73 Å². The van der Waals surface area contributed by atoms with Gasteiger partial charge in [0.1, 0.15) is 0 Å². The van der Waals surface area contributed by atoms with E-state index in [9.17, 15) is 0 Å².